The van der Waals surface area contributed by atoms with Crippen molar-refractivity contribution in [2.45, 2.75) is 38.6 Å². The van der Waals surface area contributed by atoms with E-state index in [2.05, 4.69) is 92.7 Å². The number of nitrogens with zero attached hydrogens (tertiary/aromatic N) is 1. The molecule has 0 aliphatic carbocycles. The summed E-state index contributed by atoms with van der Waals surface area (Å²) in [6.07, 6.45) is 2.36. The van der Waals surface area contributed by atoms with Crippen LogP contribution in [-0.2, 0) is 0 Å². The van der Waals surface area contributed by atoms with Crippen LogP contribution in [-0.4, -0.2) is 11.8 Å². The lowest BCUT2D eigenvalue weighted by Gasteiger charge is -2.30. The first kappa shape index (κ1) is 17.2. The highest BCUT2D eigenvalue weighted by molar-refractivity contribution is 6.17. The van der Waals surface area contributed by atoms with E-state index < -0.39 is 0 Å². The molecule has 138 valence electrons. The molecule has 1 aliphatic rings. The fourth-order valence-electron chi connectivity index (χ4n) is 4.67. The van der Waals surface area contributed by atoms with Crippen molar-refractivity contribution in [2.24, 2.45) is 4.99 Å². The van der Waals surface area contributed by atoms with E-state index in [1.165, 1.54) is 51.1 Å². The second kappa shape index (κ2) is 6.91. The molecule has 0 radical (unpaired) electrons. The minimum absolute atomic E-state index is 0.301. The first-order valence-corrected chi connectivity index (χ1v) is 10.3. The molecule has 0 saturated heterocycles. The van der Waals surface area contributed by atoms with Crippen molar-refractivity contribution in [3.05, 3.63) is 95.6 Å². The fourth-order valence-corrected chi connectivity index (χ4v) is 4.67. The van der Waals surface area contributed by atoms with Crippen molar-refractivity contribution >= 4 is 27.3 Å². The van der Waals surface area contributed by atoms with Crippen LogP contribution >= 0.6 is 0 Å². The smallest absolute Gasteiger partial charge is 0.0725 e. The van der Waals surface area contributed by atoms with Crippen LogP contribution in [0, 0.1) is 0 Å². The van der Waals surface area contributed by atoms with Crippen LogP contribution in [0.1, 0.15) is 49.3 Å². The predicted molar refractivity (Wildman–Crippen MR) is 121 cm³/mol. The average molecular weight is 364 g/mol. The Balaban J connectivity index is 1.74. The summed E-state index contributed by atoms with van der Waals surface area (Å²) in [7, 11) is 0. The Kier molecular flexibility index (Phi) is 4.24. The standard InChI is InChI=1S/C27H25N/c1-3-8-24-18(2)28-27(23-14-13-19-9-4-5-10-20(19)15-23)26-17-22-12-7-6-11-21(22)16-25(24)26/h4-7,9-18,24H,3,8H2,1-2H3/t18?,24-/m0/s1. The van der Waals surface area contributed by atoms with E-state index >= 15 is 0 Å². The topological polar surface area (TPSA) is 12.4 Å². The zero-order chi connectivity index (χ0) is 19.1. The molecule has 4 aromatic rings. The molecular formula is C27H25N. The van der Waals surface area contributed by atoms with Crippen molar-refractivity contribution in [1.29, 1.82) is 0 Å². The van der Waals surface area contributed by atoms with E-state index in [9.17, 15) is 0 Å². The Labute approximate surface area is 166 Å². The summed E-state index contributed by atoms with van der Waals surface area (Å²) in [5, 5.41) is 5.17. The van der Waals surface area contributed by atoms with Gasteiger partial charge in [0.25, 0.3) is 0 Å². The molecule has 1 heterocycles. The molecule has 0 aromatic heterocycles. The summed E-state index contributed by atoms with van der Waals surface area (Å²) in [6, 6.07) is 29.1. The van der Waals surface area contributed by atoms with Crippen LogP contribution in [0.25, 0.3) is 21.5 Å². The highest BCUT2D eigenvalue weighted by Gasteiger charge is 2.28. The average Bonchev–Trinajstić information content (AvgIpc) is 2.74. The second-order valence-corrected chi connectivity index (χ2v) is 7.96. The minimum Gasteiger partial charge on any atom is -0.280 e. The highest BCUT2D eigenvalue weighted by atomic mass is 14.8. The van der Waals surface area contributed by atoms with Crippen LogP contribution in [0.3, 0.4) is 0 Å². The van der Waals surface area contributed by atoms with E-state index in [1.807, 2.05) is 0 Å². The van der Waals surface area contributed by atoms with Crippen LogP contribution in [0.2, 0.25) is 0 Å². The second-order valence-electron chi connectivity index (χ2n) is 7.96. The lowest BCUT2D eigenvalue weighted by Crippen LogP contribution is -2.25. The van der Waals surface area contributed by atoms with Gasteiger partial charge in [0, 0.05) is 17.0 Å². The third-order valence-electron chi connectivity index (χ3n) is 6.11. The maximum absolute atomic E-state index is 5.22. The SMILES string of the molecule is CCC[C@@H]1c2cc3ccccc3cc2C(c2ccc3ccccc3c2)=NC1C. The Bertz CT molecular complexity index is 1200. The molecule has 0 amide bonds. The minimum atomic E-state index is 0.301. The molecule has 1 nitrogen and oxygen atoms in total. The summed E-state index contributed by atoms with van der Waals surface area (Å²) >= 11 is 0. The number of hydrogen-bond donors (Lipinski definition) is 0. The van der Waals surface area contributed by atoms with Crippen molar-refractivity contribution in [1.82, 2.24) is 0 Å². The van der Waals surface area contributed by atoms with E-state index in [4.69, 9.17) is 4.99 Å². The highest BCUT2D eigenvalue weighted by Crippen LogP contribution is 2.38. The molecule has 0 saturated carbocycles. The summed E-state index contributed by atoms with van der Waals surface area (Å²) in [5.41, 5.74) is 5.14. The summed E-state index contributed by atoms with van der Waals surface area (Å²) in [4.78, 5) is 5.22. The molecule has 0 fully saturated rings. The largest absolute Gasteiger partial charge is 0.280 e. The number of fused-ring (bicyclic) bond motifs is 3. The Morgan fingerprint density at radius 1 is 0.750 bits per heavy atom. The van der Waals surface area contributed by atoms with Crippen molar-refractivity contribution in [3.8, 4) is 0 Å². The molecule has 1 aliphatic heterocycles. The monoisotopic (exact) mass is 363 g/mol. The third kappa shape index (κ3) is 2.82. The van der Waals surface area contributed by atoms with E-state index in [1.54, 1.807) is 0 Å². The summed E-state index contributed by atoms with van der Waals surface area (Å²) in [6.45, 7) is 4.55. The van der Waals surface area contributed by atoms with Crippen LogP contribution in [0.4, 0.5) is 0 Å². The van der Waals surface area contributed by atoms with Gasteiger partial charge in [-0.05, 0) is 52.6 Å². The van der Waals surface area contributed by atoms with Gasteiger partial charge in [0.05, 0.1) is 11.8 Å². The quantitative estimate of drug-likeness (QED) is 0.367. The van der Waals surface area contributed by atoms with E-state index in [-0.39, 0.29) is 0 Å². The Morgan fingerprint density at radius 2 is 1.39 bits per heavy atom. The fraction of sp³-hybridized carbons (Fsp3) is 0.222. The van der Waals surface area contributed by atoms with E-state index in [0.717, 1.165) is 5.71 Å². The van der Waals surface area contributed by atoms with Gasteiger partial charge in [0.1, 0.15) is 0 Å². The Morgan fingerprint density at radius 3 is 2.11 bits per heavy atom. The Hall–Kier alpha value is -2.93. The number of rotatable bonds is 3. The molecule has 1 heteroatoms. The number of aliphatic imine (C=N–C) groups is 1. The van der Waals surface area contributed by atoms with Gasteiger partial charge >= 0.3 is 0 Å². The first-order chi connectivity index (χ1) is 13.7. The molecule has 0 N–H and O–H groups in total. The zero-order valence-electron chi connectivity index (χ0n) is 16.5. The van der Waals surface area contributed by atoms with Crippen molar-refractivity contribution in [2.75, 3.05) is 0 Å². The molecule has 5 rings (SSSR count). The van der Waals surface area contributed by atoms with E-state index in [0.29, 0.717) is 12.0 Å². The van der Waals surface area contributed by atoms with Gasteiger partial charge in [0.2, 0.25) is 0 Å². The summed E-state index contributed by atoms with van der Waals surface area (Å²) in [5.74, 6) is 0.494. The predicted octanol–water partition coefficient (Wildman–Crippen LogP) is 7.12. The van der Waals surface area contributed by atoms with Crippen molar-refractivity contribution < 1.29 is 0 Å². The zero-order valence-corrected chi connectivity index (χ0v) is 16.5. The van der Waals surface area contributed by atoms with Gasteiger partial charge in [0.15, 0.2) is 0 Å². The number of benzene rings is 4. The van der Waals surface area contributed by atoms with Crippen molar-refractivity contribution in [3.63, 3.8) is 0 Å². The lowest BCUT2D eigenvalue weighted by molar-refractivity contribution is 0.519. The van der Waals surface area contributed by atoms with Gasteiger partial charge in [-0.15, -0.1) is 0 Å². The molecular weight excluding hydrogens is 338 g/mol. The van der Waals surface area contributed by atoms with Crippen LogP contribution in [0.15, 0.2) is 83.9 Å². The van der Waals surface area contributed by atoms with Gasteiger partial charge in [-0.3, -0.25) is 4.99 Å². The van der Waals surface area contributed by atoms with Crippen LogP contribution < -0.4 is 0 Å². The maximum Gasteiger partial charge on any atom is 0.0725 e. The summed E-state index contributed by atoms with van der Waals surface area (Å²) < 4.78 is 0. The maximum atomic E-state index is 5.22. The molecule has 28 heavy (non-hydrogen) atoms. The first-order valence-electron chi connectivity index (χ1n) is 10.3. The molecule has 0 spiro atoms. The molecule has 4 aromatic carbocycles. The molecule has 1 unspecified atom stereocenters. The third-order valence-corrected chi connectivity index (χ3v) is 6.11. The van der Waals surface area contributed by atoms with Gasteiger partial charge < -0.3 is 0 Å². The molecule has 2 atom stereocenters. The van der Waals surface area contributed by atoms with Gasteiger partial charge in [-0.2, -0.15) is 0 Å². The lowest BCUT2D eigenvalue weighted by atomic mass is 9.79. The number of hydrogen-bond acceptors (Lipinski definition) is 1. The van der Waals surface area contributed by atoms with Gasteiger partial charge in [-0.25, -0.2) is 0 Å². The van der Waals surface area contributed by atoms with Crippen LogP contribution in [0.5, 0.6) is 0 Å². The molecule has 0 bridgehead atoms. The normalized spacial score (nSPS) is 18.9. The van der Waals surface area contributed by atoms with Gasteiger partial charge in [-0.1, -0.05) is 80.1 Å².